The van der Waals surface area contributed by atoms with Gasteiger partial charge in [0.15, 0.2) is 0 Å². The third-order valence-corrected chi connectivity index (χ3v) is 2.35. The lowest BCUT2D eigenvalue weighted by molar-refractivity contribution is 0.0712. The fraction of sp³-hybridized carbons (Fsp3) is 0.583. The molecule has 0 fully saturated rings. The second-order valence-corrected chi connectivity index (χ2v) is 3.72. The molecule has 0 radical (unpaired) electrons. The van der Waals surface area contributed by atoms with Crippen molar-refractivity contribution in [1.82, 2.24) is 10.3 Å². The van der Waals surface area contributed by atoms with Crippen molar-refractivity contribution in [3.8, 4) is 0 Å². The Hall–Kier alpha value is -1.04. The summed E-state index contributed by atoms with van der Waals surface area (Å²) in [7, 11) is 1.64. The molecule has 0 aliphatic carbocycles. The summed E-state index contributed by atoms with van der Waals surface area (Å²) in [5.74, 6) is -0.313. The summed E-state index contributed by atoms with van der Waals surface area (Å²) in [4.78, 5) is 3.81. The molecular weight excluding hydrogens is 223 g/mol. The molecule has 1 atom stereocenters. The number of hydrogen-bond donors (Lipinski definition) is 1. The third kappa shape index (κ3) is 5.72. The highest BCUT2D eigenvalue weighted by molar-refractivity contribution is 5.14. The SMILES string of the molecule is COCCOCCNC(C)c1cncc(F)c1. The van der Waals surface area contributed by atoms with Gasteiger partial charge in [-0.05, 0) is 18.6 Å². The molecule has 1 unspecified atom stereocenters. The molecule has 0 saturated carbocycles. The first-order chi connectivity index (χ1) is 8.24. The first kappa shape index (κ1) is 14.0. The van der Waals surface area contributed by atoms with E-state index in [1.165, 1.54) is 12.3 Å². The third-order valence-electron chi connectivity index (χ3n) is 2.35. The topological polar surface area (TPSA) is 43.4 Å². The minimum Gasteiger partial charge on any atom is -0.382 e. The molecule has 0 bridgehead atoms. The van der Waals surface area contributed by atoms with E-state index in [2.05, 4.69) is 10.3 Å². The van der Waals surface area contributed by atoms with Crippen LogP contribution >= 0.6 is 0 Å². The monoisotopic (exact) mass is 242 g/mol. The summed E-state index contributed by atoms with van der Waals surface area (Å²) in [6.07, 6.45) is 2.86. The van der Waals surface area contributed by atoms with Crippen molar-refractivity contribution in [3.05, 3.63) is 29.8 Å². The van der Waals surface area contributed by atoms with Crippen LogP contribution < -0.4 is 5.32 Å². The molecule has 1 aromatic rings. The predicted molar refractivity (Wildman–Crippen MR) is 63.3 cm³/mol. The summed E-state index contributed by atoms with van der Waals surface area (Å²) >= 11 is 0. The van der Waals surface area contributed by atoms with Crippen LogP contribution in [0.1, 0.15) is 18.5 Å². The van der Waals surface area contributed by atoms with Crippen molar-refractivity contribution in [2.75, 3.05) is 33.5 Å². The second-order valence-electron chi connectivity index (χ2n) is 3.72. The van der Waals surface area contributed by atoms with Gasteiger partial charge >= 0.3 is 0 Å². The van der Waals surface area contributed by atoms with Crippen LogP contribution in [0.3, 0.4) is 0 Å². The van der Waals surface area contributed by atoms with E-state index in [1.54, 1.807) is 13.3 Å². The normalized spacial score (nSPS) is 12.6. The molecule has 0 aliphatic rings. The average Bonchev–Trinajstić information content (AvgIpc) is 2.33. The van der Waals surface area contributed by atoms with Crippen LogP contribution in [0.4, 0.5) is 4.39 Å². The molecule has 0 saturated heterocycles. The Kier molecular flexibility index (Phi) is 6.69. The molecule has 1 rings (SSSR count). The quantitative estimate of drug-likeness (QED) is 0.702. The van der Waals surface area contributed by atoms with Gasteiger partial charge in [-0.3, -0.25) is 4.98 Å². The van der Waals surface area contributed by atoms with Crippen molar-refractivity contribution in [2.45, 2.75) is 13.0 Å². The van der Waals surface area contributed by atoms with Crippen LogP contribution in [-0.2, 0) is 9.47 Å². The summed E-state index contributed by atoms with van der Waals surface area (Å²) in [5.41, 5.74) is 0.835. The standard InChI is InChI=1S/C12H19FN2O2/c1-10(11-7-12(13)9-14-8-11)15-3-4-17-6-5-16-2/h7-10,15H,3-6H2,1-2H3. The highest BCUT2D eigenvalue weighted by Crippen LogP contribution is 2.11. The van der Waals surface area contributed by atoms with E-state index < -0.39 is 0 Å². The lowest BCUT2D eigenvalue weighted by Crippen LogP contribution is -2.24. The number of aromatic nitrogens is 1. The van der Waals surface area contributed by atoms with E-state index in [-0.39, 0.29) is 11.9 Å². The van der Waals surface area contributed by atoms with Gasteiger partial charge in [0.1, 0.15) is 5.82 Å². The summed E-state index contributed by atoms with van der Waals surface area (Å²) in [6.45, 7) is 4.47. The Bertz CT molecular complexity index is 323. The van der Waals surface area contributed by atoms with Gasteiger partial charge in [0.05, 0.1) is 26.0 Å². The first-order valence-electron chi connectivity index (χ1n) is 5.64. The molecule has 0 spiro atoms. The molecule has 4 nitrogen and oxygen atoms in total. The van der Waals surface area contributed by atoms with E-state index in [9.17, 15) is 4.39 Å². The maximum Gasteiger partial charge on any atom is 0.141 e. The highest BCUT2D eigenvalue weighted by atomic mass is 19.1. The minimum atomic E-state index is -0.313. The zero-order valence-corrected chi connectivity index (χ0v) is 10.3. The summed E-state index contributed by atoms with van der Waals surface area (Å²) in [5, 5.41) is 3.23. The van der Waals surface area contributed by atoms with E-state index in [4.69, 9.17) is 9.47 Å². The lowest BCUT2D eigenvalue weighted by atomic mass is 10.1. The summed E-state index contributed by atoms with van der Waals surface area (Å²) in [6, 6.07) is 1.54. The molecule has 1 heterocycles. The van der Waals surface area contributed by atoms with Gasteiger partial charge in [-0.25, -0.2) is 4.39 Å². The van der Waals surface area contributed by atoms with Crippen molar-refractivity contribution < 1.29 is 13.9 Å². The van der Waals surface area contributed by atoms with Crippen LogP contribution in [-0.4, -0.2) is 38.5 Å². The fourth-order valence-electron chi connectivity index (χ4n) is 1.37. The van der Waals surface area contributed by atoms with Gasteiger partial charge in [-0.1, -0.05) is 0 Å². The molecule has 1 aromatic heterocycles. The molecular formula is C12H19FN2O2. The summed E-state index contributed by atoms with van der Waals surface area (Å²) < 4.78 is 23.1. The number of methoxy groups -OCH3 is 1. The van der Waals surface area contributed by atoms with Crippen LogP contribution in [0, 0.1) is 5.82 Å². The zero-order chi connectivity index (χ0) is 12.5. The molecule has 1 N–H and O–H groups in total. The fourth-order valence-corrected chi connectivity index (χ4v) is 1.37. The van der Waals surface area contributed by atoms with Gasteiger partial charge < -0.3 is 14.8 Å². The van der Waals surface area contributed by atoms with Crippen molar-refractivity contribution >= 4 is 0 Å². The number of hydrogen-bond acceptors (Lipinski definition) is 4. The van der Waals surface area contributed by atoms with Gasteiger partial charge in [0, 0.05) is 25.9 Å². The highest BCUT2D eigenvalue weighted by Gasteiger charge is 2.05. The van der Waals surface area contributed by atoms with Gasteiger partial charge in [-0.15, -0.1) is 0 Å². The molecule has 96 valence electrons. The number of ether oxygens (including phenoxy) is 2. The molecule has 0 aliphatic heterocycles. The van der Waals surface area contributed by atoms with Crippen molar-refractivity contribution in [1.29, 1.82) is 0 Å². The van der Waals surface area contributed by atoms with Gasteiger partial charge in [-0.2, -0.15) is 0 Å². The Morgan fingerprint density at radius 1 is 1.35 bits per heavy atom. The van der Waals surface area contributed by atoms with Gasteiger partial charge in [0.2, 0.25) is 0 Å². The lowest BCUT2D eigenvalue weighted by Gasteiger charge is -2.13. The van der Waals surface area contributed by atoms with Crippen LogP contribution in [0.2, 0.25) is 0 Å². The molecule has 5 heteroatoms. The first-order valence-corrected chi connectivity index (χ1v) is 5.64. The Morgan fingerprint density at radius 2 is 2.18 bits per heavy atom. The van der Waals surface area contributed by atoms with E-state index in [0.717, 1.165) is 5.56 Å². The van der Waals surface area contributed by atoms with Crippen LogP contribution in [0.15, 0.2) is 18.5 Å². The van der Waals surface area contributed by atoms with E-state index >= 15 is 0 Å². The van der Waals surface area contributed by atoms with Crippen LogP contribution in [0.25, 0.3) is 0 Å². The van der Waals surface area contributed by atoms with E-state index in [1.807, 2.05) is 6.92 Å². The average molecular weight is 242 g/mol. The van der Waals surface area contributed by atoms with Crippen LogP contribution in [0.5, 0.6) is 0 Å². The number of nitrogens with zero attached hydrogens (tertiary/aromatic N) is 1. The maximum atomic E-state index is 12.9. The Balaban J connectivity index is 2.19. The molecule has 0 aromatic carbocycles. The van der Waals surface area contributed by atoms with Crippen molar-refractivity contribution in [2.24, 2.45) is 0 Å². The minimum absolute atomic E-state index is 0.0595. The number of rotatable bonds is 8. The smallest absolute Gasteiger partial charge is 0.141 e. The Morgan fingerprint density at radius 3 is 2.88 bits per heavy atom. The number of halogens is 1. The second kappa shape index (κ2) is 8.11. The molecule has 0 amide bonds. The zero-order valence-electron chi connectivity index (χ0n) is 10.3. The predicted octanol–water partition coefficient (Wildman–Crippen LogP) is 1.53. The largest absolute Gasteiger partial charge is 0.382 e. The number of nitrogens with one attached hydrogen (secondary N) is 1. The van der Waals surface area contributed by atoms with Gasteiger partial charge in [0.25, 0.3) is 0 Å². The van der Waals surface area contributed by atoms with E-state index in [0.29, 0.717) is 26.4 Å². The molecule has 17 heavy (non-hydrogen) atoms. The maximum absolute atomic E-state index is 12.9. The van der Waals surface area contributed by atoms with Crippen molar-refractivity contribution in [3.63, 3.8) is 0 Å². The number of pyridine rings is 1. The Labute approximate surface area is 101 Å².